The highest BCUT2D eigenvalue weighted by Crippen LogP contribution is 2.43. The number of amides is 1. The van der Waals surface area contributed by atoms with Gasteiger partial charge in [-0.3, -0.25) is 9.10 Å². The normalized spacial score (nSPS) is 17.2. The van der Waals surface area contributed by atoms with Gasteiger partial charge in [0.15, 0.2) is 5.76 Å². The number of nitrogens with zero attached hydrogens (tertiary/aromatic N) is 1. The van der Waals surface area contributed by atoms with E-state index in [1.165, 1.54) is 19.2 Å². The Kier molecular flexibility index (Phi) is 5.75. The molecule has 2 unspecified atom stereocenters. The first-order valence-electron chi connectivity index (χ1n) is 10.1. The van der Waals surface area contributed by atoms with Gasteiger partial charge < -0.3 is 14.5 Å². The molecule has 3 aromatic rings. The molecule has 0 saturated carbocycles. The van der Waals surface area contributed by atoms with Crippen molar-refractivity contribution in [2.45, 2.75) is 25.7 Å². The number of ether oxygens (including phenoxy) is 1. The lowest BCUT2D eigenvalue weighted by molar-refractivity contribution is 0.0964. The number of nitrogens with one attached hydrogen (secondary N) is 1. The van der Waals surface area contributed by atoms with Gasteiger partial charge in [-0.05, 0) is 42.5 Å². The molecule has 0 radical (unpaired) electrons. The molecular weight excluding hydrogens is 419 g/mol. The summed E-state index contributed by atoms with van der Waals surface area (Å²) in [4.78, 5) is 12.9. The number of rotatable bonds is 4. The molecule has 2 atom stereocenters. The molecule has 164 valence electrons. The summed E-state index contributed by atoms with van der Waals surface area (Å²) >= 11 is 0. The van der Waals surface area contributed by atoms with E-state index >= 15 is 0 Å². The molecule has 0 fully saturated rings. The molecule has 0 saturated heterocycles. The van der Waals surface area contributed by atoms with Crippen molar-refractivity contribution < 1.29 is 22.5 Å². The van der Waals surface area contributed by atoms with Crippen molar-refractivity contribution in [2.24, 2.45) is 0 Å². The van der Waals surface area contributed by atoms with Crippen LogP contribution in [0.1, 0.15) is 41.6 Å². The fourth-order valence-corrected chi connectivity index (χ4v) is 5.06. The van der Waals surface area contributed by atoms with E-state index < -0.39 is 16.8 Å². The first kappa shape index (κ1) is 21.4. The molecule has 0 bridgehead atoms. The van der Waals surface area contributed by atoms with Crippen LogP contribution >= 0.6 is 0 Å². The molecule has 2 aromatic carbocycles. The van der Waals surface area contributed by atoms with E-state index in [0.717, 1.165) is 24.1 Å². The number of anilines is 1. The van der Waals surface area contributed by atoms with Gasteiger partial charge in [0, 0.05) is 37.4 Å². The maximum atomic E-state index is 13.8. The quantitative estimate of drug-likeness (QED) is 0.638. The SMILES string of the molecule is CNC(=O)c1c(-c2ccc(F)cc2OC)oc2cc3c(cc12)C(C)CCCN3S(C)=O. The van der Waals surface area contributed by atoms with E-state index in [1.807, 2.05) is 16.4 Å². The van der Waals surface area contributed by atoms with Crippen molar-refractivity contribution in [3.8, 4) is 17.1 Å². The number of carbonyl (C=O) groups excluding carboxylic acids is 1. The Morgan fingerprint density at radius 2 is 2.10 bits per heavy atom. The van der Waals surface area contributed by atoms with Gasteiger partial charge in [-0.2, -0.15) is 0 Å². The summed E-state index contributed by atoms with van der Waals surface area (Å²) in [6.45, 7) is 2.82. The average Bonchev–Trinajstić information content (AvgIpc) is 3.04. The van der Waals surface area contributed by atoms with Crippen LogP contribution < -0.4 is 14.4 Å². The molecule has 2 heterocycles. The predicted molar refractivity (Wildman–Crippen MR) is 121 cm³/mol. The van der Waals surface area contributed by atoms with E-state index in [-0.39, 0.29) is 17.6 Å². The van der Waals surface area contributed by atoms with E-state index in [1.54, 1.807) is 19.4 Å². The third-order valence-corrected chi connectivity index (χ3v) is 6.81. The number of carbonyl (C=O) groups is 1. The summed E-state index contributed by atoms with van der Waals surface area (Å²) in [5.41, 5.74) is 3.24. The van der Waals surface area contributed by atoms with Crippen LogP contribution in [-0.4, -0.2) is 37.1 Å². The van der Waals surface area contributed by atoms with Crippen LogP contribution in [0.2, 0.25) is 0 Å². The summed E-state index contributed by atoms with van der Waals surface area (Å²) in [6.07, 6.45) is 3.55. The van der Waals surface area contributed by atoms with Crippen molar-refractivity contribution >= 4 is 33.5 Å². The smallest absolute Gasteiger partial charge is 0.255 e. The fraction of sp³-hybridized carbons (Fsp3) is 0.348. The van der Waals surface area contributed by atoms with Crippen LogP contribution in [0.4, 0.5) is 10.1 Å². The second-order valence-electron chi connectivity index (χ2n) is 7.71. The number of hydrogen-bond acceptors (Lipinski definition) is 4. The summed E-state index contributed by atoms with van der Waals surface area (Å²) in [5.74, 6) is 0.0693. The Morgan fingerprint density at radius 3 is 2.77 bits per heavy atom. The highest BCUT2D eigenvalue weighted by atomic mass is 32.2. The van der Waals surface area contributed by atoms with Crippen LogP contribution in [0.5, 0.6) is 5.75 Å². The first-order valence-corrected chi connectivity index (χ1v) is 11.6. The largest absolute Gasteiger partial charge is 0.496 e. The number of methoxy groups -OCH3 is 1. The van der Waals surface area contributed by atoms with E-state index in [9.17, 15) is 13.4 Å². The molecule has 1 aliphatic rings. The van der Waals surface area contributed by atoms with Gasteiger partial charge in [-0.1, -0.05) is 6.92 Å². The molecule has 0 spiro atoms. The zero-order chi connectivity index (χ0) is 22.3. The average molecular weight is 445 g/mol. The summed E-state index contributed by atoms with van der Waals surface area (Å²) in [7, 11) is 1.82. The van der Waals surface area contributed by atoms with Crippen LogP contribution in [0.15, 0.2) is 34.7 Å². The van der Waals surface area contributed by atoms with E-state index in [0.29, 0.717) is 34.4 Å². The van der Waals surface area contributed by atoms with Crippen molar-refractivity contribution in [3.63, 3.8) is 0 Å². The number of benzene rings is 2. The highest BCUT2D eigenvalue weighted by Gasteiger charge is 2.29. The molecule has 31 heavy (non-hydrogen) atoms. The summed E-state index contributed by atoms with van der Waals surface area (Å²) < 4.78 is 39.6. The lowest BCUT2D eigenvalue weighted by atomic mass is 9.93. The van der Waals surface area contributed by atoms with Gasteiger partial charge >= 0.3 is 0 Å². The lowest BCUT2D eigenvalue weighted by Gasteiger charge is -2.22. The predicted octanol–water partition coefficient (Wildman–Crippen LogP) is 4.60. The standard InChI is InChI=1S/C23H25FN2O4S/c1-13-6-5-9-26(31(4)28)18-12-20-17(11-16(13)18)21(23(27)25-2)22(30-20)15-8-7-14(24)10-19(15)29-3/h7-8,10-13H,5-6,9H2,1-4H3,(H,25,27). The second kappa shape index (κ2) is 8.34. The minimum atomic E-state index is -1.18. The van der Waals surface area contributed by atoms with Gasteiger partial charge in [0.1, 0.15) is 28.1 Å². The monoisotopic (exact) mass is 444 g/mol. The summed E-state index contributed by atoms with van der Waals surface area (Å²) in [6, 6.07) is 7.93. The Labute approximate surface area is 183 Å². The third kappa shape index (κ3) is 3.69. The molecule has 8 heteroatoms. The molecule has 6 nitrogen and oxygen atoms in total. The lowest BCUT2D eigenvalue weighted by Crippen LogP contribution is -2.25. The number of fused-ring (bicyclic) bond motifs is 2. The molecule has 1 N–H and O–H groups in total. The maximum absolute atomic E-state index is 13.8. The van der Waals surface area contributed by atoms with Crippen molar-refractivity contribution in [1.82, 2.24) is 5.32 Å². The van der Waals surface area contributed by atoms with Gasteiger partial charge in [0.25, 0.3) is 5.91 Å². The Morgan fingerprint density at radius 1 is 1.32 bits per heavy atom. The molecule has 1 aliphatic heterocycles. The zero-order valence-corrected chi connectivity index (χ0v) is 18.8. The summed E-state index contributed by atoms with van der Waals surface area (Å²) in [5, 5.41) is 3.34. The van der Waals surface area contributed by atoms with Gasteiger partial charge in [0.05, 0.1) is 23.9 Å². The Bertz CT molecular complexity index is 1190. The van der Waals surface area contributed by atoms with Gasteiger partial charge in [-0.15, -0.1) is 0 Å². The minimum Gasteiger partial charge on any atom is -0.496 e. The topological polar surface area (TPSA) is 71.8 Å². The number of halogens is 1. The van der Waals surface area contributed by atoms with Gasteiger partial charge in [0.2, 0.25) is 0 Å². The van der Waals surface area contributed by atoms with Gasteiger partial charge in [-0.25, -0.2) is 8.60 Å². The molecule has 0 aliphatic carbocycles. The number of furan rings is 1. The third-order valence-electron chi connectivity index (χ3n) is 5.81. The minimum absolute atomic E-state index is 0.240. The molecule has 1 aromatic heterocycles. The van der Waals surface area contributed by atoms with E-state index in [2.05, 4.69) is 12.2 Å². The van der Waals surface area contributed by atoms with Crippen molar-refractivity contribution in [2.75, 3.05) is 31.3 Å². The molecule has 1 amide bonds. The van der Waals surface area contributed by atoms with Crippen LogP contribution in [0.25, 0.3) is 22.3 Å². The zero-order valence-electron chi connectivity index (χ0n) is 18.0. The van der Waals surface area contributed by atoms with Crippen molar-refractivity contribution in [3.05, 3.63) is 47.3 Å². The van der Waals surface area contributed by atoms with Crippen molar-refractivity contribution in [1.29, 1.82) is 0 Å². The highest BCUT2D eigenvalue weighted by molar-refractivity contribution is 7.85. The maximum Gasteiger partial charge on any atom is 0.255 e. The Hall–Kier alpha value is -2.87. The number of hydrogen-bond donors (Lipinski definition) is 1. The van der Waals surface area contributed by atoms with E-state index in [4.69, 9.17) is 9.15 Å². The fourth-order valence-electron chi connectivity index (χ4n) is 4.24. The first-order chi connectivity index (χ1) is 14.8. The van der Waals surface area contributed by atoms with Crippen LogP contribution in [-0.2, 0) is 11.0 Å². The second-order valence-corrected chi connectivity index (χ2v) is 8.99. The molecular formula is C23H25FN2O4S. The Balaban J connectivity index is 2.04. The molecule has 4 rings (SSSR count). The van der Waals surface area contributed by atoms with Crippen LogP contribution in [0.3, 0.4) is 0 Å². The van der Waals surface area contributed by atoms with Crippen LogP contribution in [0, 0.1) is 5.82 Å².